The van der Waals surface area contributed by atoms with Gasteiger partial charge in [0.1, 0.15) is 48.3 Å². The van der Waals surface area contributed by atoms with Crippen LogP contribution in [0.15, 0.2) is 0 Å². The molecular formula is C41H71N11O14S. The van der Waals surface area contributed by atoms with Crippen molar-refractivity contribution < 1.29 is 68.1 Å². The highest BCUT2D eigenvalue weighted by Gasteiger charge is 2.40. The fraction of sp³-hybridized carbons (Fsp3) is 0.732. The topological polar surface area (TPSA) is 400 Å². The predicted molar refractivity (Wildman–Crippen MR) is 243 cm³/mol. The second kappa shape index (κ2) is 29.2. The van der Waals surface area contributed by atoms with Crippen molar-refractivity contribution in [2.75, 3.05) is 31.7 Å². The number of primary amides is 1. The van der Waals surface area contributed by atoms with E-state index in [9.17, 15) is 68.1 Å². The van der Waals surface area contributed by atoms with Crippen LogP contribution in [0.3, 0.4) is 0 Å². The van der Waals surface area contributed by atoms with E-state index in [-0.39, 0.29) is 37.6 Å². The fourth-order valence-corrected chi connectivity index (χ4v) is 7.15. The Bertz CT molecular complexity index is 1770. The summed E-state index contributed by atoms with van der Waals surface area (Å²) in [5, 5.41) is 48.6. The number of aliphatic hydroxyl groups excluding tert-OH is 2. The van der Waals surface area contributed by atoms with Crippen LogP contribution in [0.2, 0.25) is 0 Å². The van der Waals surface area contributed by atoms with Gasteiger partial charge < -0.3 is 74.2 Å². The Morgan fingerprint density at radius 1 is 0.687 bits per heavy atom. The van der Waals surface area contributed by atoms with Crippen LogP contribution in [0.5, 0.6) is 0 Å². The molecule has 0 saturated carbocycles. The third-order valence-corrected chi connectivity index (χ3v) is 11.0. The molecule has 0 aliphatic carbocycles. The quantitative estimate of drug-likeness (QED) is 0.0334. The maximum absolute atomic E-state index is 13.6. The lowest BCUT2D eigenvalue weighted by atomic mass is 10.0. The van der Waals surface area contributed by atoms with Crippen LogP contribution in [0, 0.1) is 11.8 Å². The summed E-state index contributed by atoms with van der Waals surface area (Å²) in [7, 11) is 0. The summed E-state index contributed by atoms with van der Waals surface area (Å²) in [5.74, 6) is -9.85. The summed E-state index contributed by atoms with van der Waals surface area (Å²) in [4.78, 5) is 143. The van der Waals surface area contributed by atoms with Crippen molar-refractivity contribution in [2.24, 2.45) is 23.3 Å². The number of carbonyl (C=O) groups excluding carboxylic acids is 10. The number of amides is 10. The number of carboxylic acids is 1. The van der Waals surface area contributed by atoms with E-state index >= 15 is 0 Å². The van der Waals surface area contributed by atoms with Crippen molar-refractivity contribution in [2.45, 2.75) is 147 Å². The molecular weight excluding hydrogens is 903 g/mol. The van der Waals surface area contributed by atoms with Gasteiger partial charge in [-0.05, 0) is 76.7 Å². The first-order valence-electron chi connectivity index (χ1n) is 22.0. The molecule has 0 bridgehead atoms. The number of nitrogens with two attached hydrogens (primary N) is 2. The molecule has 1 saturated heterocycles. The van der Waals surface area contributed by atoms with Crippen LogP contribution in [-0.4, -0.2) is 177 Å². The van der Waals surface area contributed by atoms with E-state index in [2.05, 4.69) is 42.5 Å². The largest absolute Gasteiger partial charge is 0.480 e. The van der Waals surface area contributed by atoms with E-state index in [0.29, 0.717) is 18.6 Å². The number of nitrogens with zero attached hydrogens (tertiary/aromatic N) is 1. The van der Waals surface area contributed by atoms with Gasteiger partial charge in [-0.25, -0.2) is 4.79 Å². The number of hydrogen-bond acceptors (Lipinski definition) is 15. The van der Waals surface area contributed by atoms with Crippen molar-refractivity contribution in [3.63, 3.8) is 0 Å². The van der Waals surface area contributed by atoms with E-state index in [1.54, 1.807) is 27.7 Å². The molecule has 0 aromatic carbocycles. The van der Waals surface area contributed by atoms with Gasteiger partial charge in [0.05, 0.1) is 31.7 Å². The van der Waals surface area contributed by atoms with E-state index in [0.717, 1.165) is 4.90 Å². The minimum Gasteiger partial charge on any atom is -0.480 e. The Morgan fingerprint density at radius 2 is 1.19 bits per heavy atom. The van der Waals surface area contributed by atoms with Gasteiger partial charge in [0.25, 0.3) is 0 Å². The molecule has 26 heteroatoms. The Balaban J connectivity index is 3.00. The van der Waals surface area contributed by atoms with Crippen molar-refractivity contribution in [1.82, 2.24) is 47.4 Å². The lowest BCUT2D eigenvalue weighted by molar-refractivity contribution is -0.144. The van der Waals surface area contributed by atoms with Gasteiger partial charge in [-0.2, -0.15) is 11.8 Å². The highest BCUT2D eigenvalue weighted by atomic mass is 32.2. The molecule has 1 aliphatic rings. The minimum atomic E-state index is -1.66. The second-order valence-corrected chi connectivity index (χ2v) is 18.2. The molecule has 1 aliphatic heterocycles. The van der Waals surface area contributed by atoms with Crippen LogP contribution in [-0.2, 0) is 52.7 Å². The van der Waals surface area contributed by atoms with Crippen molar-refractivity contribution in [3.05, 3.63) is 0 Å². The van der Waals surface area contributed by atoms with Crippen LogP contribution >= 0.6 is 11.8 Å². The van der Waals surface area contributed by atoms with Gasteiger partial charge in [-0.3, -0.25) is 47.9 Å². The van der Waals surface area contributed by atoms with Crippen molar-refractivity contribution in [1.29, 1.82) is 0 Å². The van der Waals surface area contributed by atoms with Gasteiger partial charge in [-0.15, -0.1) is 0 Å². The highest BCUT2D eigenvalue weighted by Crippen LogP contribution is 2.20. The third-order valence-electron chi connectivity index (χ3n) is 10.3. The summed E-state index contributed by atoms with van der Waals surface area (Å²) < 4.78 is 0. The van der Waals surface area contributed by atoms with E-state index < -0.39 is 145 Å². The molecule has 380 valence electrons. The molecule has 25 nitrogen and oxygen atoms in total. The number of aliphatic hydroxyl groups is 2. The maximum Gasteiger partial charge on any atom is 0.326 e. The Hall–Kier alpha value is -5.60. The number of rotatable bonds is 29. The molecule has 67 heavy (non-hydrogen) atoms. The number of carbonyl (C=O) groups is 11. The lowest BCUT2D eigenvalue weighted by Crippen LogP contribution is -2.60. The average Bonchev–Trinajstić information content (AvgIpc) is 3.74. The van der Waals surface area contributed by atoms with Crippen LogP contribution in [0.4, 0.5) is 0 Å². The summed E-state index contributed by atoms with van der Waals surface area (Å²) >= 11 is 1.49. The van der Waals surface area contributed by atoms with Crippen LogP contribution in [0.25, 0.3) is 0 Å². The summed E-state index contributed by atoms with van der Waals surface area (Å²) in [5.41, 5.74) is 11.2. The van der Waals surface area contributed by atoms with Gasteiger partial charge in [0.2, 0.25) is 59.1 Å². The number of carboxylic acid groups (broad SMARTS) is 1. The lowest BCUT2D eigenvalue weighted by Gasteiger charge is -2.30. The van der Waals surface area contributed by atoms with E-state index in [4.69, 9.17) is 11.5 Å². The van der Waals surface area contributed by atoms with E-state index in [1.165, 1.54) is 32.5 Å². The number of likely N-dealkylation sites (tertiary alicyclic amines) is 1. The smallest absolute Gasteiger partial charge is 0.326 e. The number of nitrogens with one attached hydrogen (secondary N) is 8. The Labute approximate surface area is 393 Å². The Kier molecular flexibility index (Phi) is 25.9. The molecule has 10 amide bonds. The first-order chi connectivity index (χ1) is 31.2. The molecule has 1 heterocycles. The van der Waals surface area contributed by atoms with Gasteiger partial charge in [0.15, 0.2) is 0 Å². The molecule has 0 spiro atoms. The standard InChI is InChI=1S/C41H71N11O14S/c1-19(2)14-25(36(60)46-21(5)33(57)50-28(18-53)38(62)49-27(41(65)66)15-20(3)4)48-37(61)26(16-30(43)55)47-31(56)17-44-39(63)29-10-9-12-52(29)40(64)32(23(7)54)51-34(58)22(6)45-35(59)24(42)11-13-67-8/h19-29,32,53-54H,9-18,42H2,1-8H3,(H2,43,55)(H,44,63)(H,45,59)(H,46,60)(H,47,56)(H,48,61)(H,49,62)(H,50,57)(H,51,58)(H,65,66)/t21-,22-,23+,24-,25-,26-,27-,28-,29-,32-/m0/s1. The first kappa shape index (κ1) is 59.4. The molecule has 1 rings (SSSR count). The molecule has 0 aromatic rings. The molecule has 10 atom stereocenters. The van der Waals surface area contributed by atoms with Gasteiger partial charge in [-0.1, -0.05) is 27.7 Å². The summed E-state index contributed by atoms with van der Waals surface area (Å²) in [6.07, 6.45) is 0.604. The van der Waals surface area contributed by atoms with Crippen molar-refractivity contribution in [3.8, 4) is 0 Å². The maximum atomic E-state index is 13.6. The monoisotopic (exact) mass is 973 g/mol. The Morgan fingerprint density at radius 3 is 1.72 bits per heavy atom. The van der Waals surface area contributed by atoms with Gasteiger partial charge in [0, 0.05) is 6.54 Å². The zero-order chi connectivity index (χ0) is 51.3. The second-order valence-electron chi connectivity index (χ2n) is 17.2. The number of hydrogen-bond donors (Lipinski definition) is 13. The van der Waals surface area contributed by atoms with E-state index in [1.807, 2.05) is 6.26 Å². The fourth-order valence-electron chi connectivity index (χ4n) is 6.66. The third kappa shape index (κ3) is 20.8. The zero-order valence-corrected chi connectivity index (χ0v) is 40.2. The number of thioether (sulfide) groups is 1. The van der Waals surface area contributed by atoms with Crippen LogP contribution in [0.1, 0.15) is 87.0 Å². The zero-order valence-electron chi connectivity index (χ0n) is 39.3. The minimum absolute atomic E-state index is 0.00764. The highest BCUT2D eigenvalue weighted by molar-refractivity contribution is 7.98. The molecule has 1 fully saturated rings. The number of aliphatic carboxylic acids is 1. The summed E-state index contributed by atoms with van der Waals surface area (Å²) in [6, 6.07) is -11.9. The van der Waals surface area contributed by atoms with Crippen LogP contribution < -0.4 is 54.0 Å². The normalized spacial score (nSPS) is 17.5. The summed E-state index contributed by atoms with van der Waals surface area (Å²) in [6.45, 7) is 9.19. The molecule has 0 radical (unpaired) electrons. The SMILES string of the molecule is CSCC[C@H](N)C(=O)N[C@@H](C)C(=O)N[C@H](C(=O)N1CCC[C@H]1C(=O)NCC(=O)N[C@@H](CC(N)=O)C(=O)N[C@@H](CC(C)C)C(=O)N[C@@H](C)C(=O)N[C@@H](CO)C(=O)N[C@@H](CC(C)C)C(=O)O)[C@@H](C)O. The van der Waals surface area contributed by atoms with Crippen molar-refractivity contribution >= 4 is 76.8 Å². The molecule has 0 unspecified atom stereocenters. The van der Waals surface area contributed by atoms with Gasteiger partial charge >= 0.3 is 5.97 Å². The first-order valence-corrected chi connectivity index (χ1v) is 23.4. The molecule has 0 aromatic heterocycles. The average molecular weight is 974 g/mol. The molecule has 15 N–H and O–H groups in total. The predicted octanol–water partition coefficient (Wildman–Crippen LogP) is -4.97.